The molecule has 1 N–H and O–H groups in total. The van der Waals surface area contributed by atoms with E-state index in [0.29, 0.717) is 17.7 Å². The van der Waals surface area contributed by atoms with Crippen LogP contribution in [0.4, 0.5) is 0 Å². The number of ketones is 1. The van der Waals surface area contributed by atoms with E-state index in [-0.39, 0.29) is 12.4 Å². The van der Waals surface area contributed by atoms with Crippen LogP contribution in [0.5, 0.6) is 5.75 Å². The standard InChI is InChI=1S/C14H18N2O3/c1-3-4-14(18)12-8-15-16-6-5-11(7-13(12)16)19-9-10(2)17/h5-8,10,17H,3-4,9H2,1-2H3. The fourth-order valence-electron chi connectivity index (χ4n) is 1.84. The summed E-state index contributed by atoms with van der Waals surface area (Å²) in [5, 5.41) is 13.4. The molecule has 0 radical (unpaired) electrons. The van der Waals surface area contributed by atoms with Gasteiger partial charge in [0.15, 0.2) is 5.78 Å². The van der Waals surface area contributed by atoms with Gasteiger partial charge in [-0.2, -0.15) is 5.10 Å². The minimum atomic E-state index is -0.526. The van der Waals surface area contributed by atoms with E-state index in [1.54, 1.807) is 36.0 Å². The fraction of sp³-hybridized carbons (Fsp3) is 0.429. The molecule has 0 bridgehead atoms. The molecule has 0 saturated heterocycles. The van der Waals surface area contributed by atoms with E-state index in [0.717, 1.165) is 11.9 Å². The molecule has 0 aliphatic rings. The van der Waals surface area contributed by atoms with E-state index < -0.39 is 6.10 Å². The molecule has 2 heterocycles. The lowest BCUT2D eigenvalue weighted by molar-refractivity contribution is 0.0983. The summed E-state index contributed by atoms with van der Waals surface area (Å²) in [6.45, 7) is 3.86. The molecular weight excluding hydrogens is 244 g/mol. The van der Waals surface area contributed by atoms with Crippen molar-refractivity contribution in [1.29, 1.82) is 0 Å². The zero-order chi connectivity index (χ0) is 13.8. The Balaban J connectivity index is 2.29. The molecule has 2 aromatic rings. The minimum Gasteiger partial charge on any atom is -0.491 e. The largest absolute Gasteiger partial charge is 0.491 e. The van der Waals surface area contributed by atoms with Gasteiger partial charge < -0.3 is 9.84 Å². The molecule has 0 spiro atoms. The van der Waals surface area contributed by atoms with E-state index in [9.17, 15) is 9.90 Å². The molecule has 1 atom stereocenters. The Labute approximate surface area is 111 Å². The molecule has 5 heteroatoms. The minimum absolute atomic E-state index is 0.0881. The number of hydrogen-bond acceptors (Lipinski definition) is 4. The van der Waals surface area contributed by atoms with Crippen molar-refractivity contribution < 1.29 is 14.6 Å². The molecule has 2 aromatic heterocycles. The smallest absolute Gasteiger partial charge is 0.166 e. The van der Waals surface area contributed by atoms with Gasteiger partial charge >= 0.3 is 0 Å². The average Bonchev–Trinajstić information content (AvgIpc) is 2.79. The number of nitrogens with zero attached hydrogens (tertiary/aromatic N) is 2. The van der Waals surface area contributed by atoms with Crippen molar-refractivity contribution in [3.05, 3.63) is 30.1 Å². The molecule has 1 unspecified atom stereocenters. The zero-order valence-electron chi connectivity index (χ0n) is 11.2. The maximum atomic E-state index is 12.0. The number of aliphatic hydroxyl groups excluding tert-OH is 1. The van der Waals surface area contributed by atoms with Gasteiger partial charge in [0.1, 0.15) is 12.4 Å². The summed E-state index contributed by atoms with van der Waals surface area (Å²) in [4.78, 5) is 12.0. The van der Waals surface area contributed by atoms with Gasteiger partial charge in [0, 0.05) is 18.7 Å². The molecule has 0 aliphatic heterocycles. The number of Topliss-reactive ketones (excluding diaryl/α,β-unsaturated/α-hetero) is 1. The van der Waals surface area contributed by atoms with Gasteiger partial charge in [-0.25, -0.2) is 4.52 Å². The van der Waals surface area contributed by atoms with Crippen LogP contribution >= 0.6 is 0 Å². The molecule has 0 aromatic carbocycles. The Kier molecular flexibility index (Phi) is 4.16. The van der Waals surface area contributed by atoms with E-state index >= 15 is 0 Å². The number of fused-ring (bicyclic) bond motifs is 1. The van der Waals surface area contributed by atoms with Crippen LogP contribution in [0.2, 0.25) is 0 Å². The van der Waals surface area contributed by atoms with Gasteiger partial charge in [-0.05, 0) is 19.4 Å². The average molecular weight is 262 g/mol. The number of carbonyl (C=O) groups excluding carboxylic acids is 1. The van der Waals surface area contributed by atoms with Crippen molar-refractivity contribution in [2.75, 3.05) is 6.61 Å². The van der Waals surface area contributed by atoms with Crippen LogP contribution in [0.1, 0.15) is 37.0 Å². The van der Waals surface area contributed by atoms with Crippen LogP contribution in [0, 0.1) is 0 Å². The van der Waals surface area contributed by atoms with E-state index in [1.807, 2.05) is 6.92 Å². The summed E-state index contributed by atoms with van der Waals surface area (Å²) in [5.41, 5.74) is 1.35. The SMILES string of the molecule is CCCC(=O)c1cnn2ccc(OCC(C)O)cc12. The van der Waals surface area contributed by atoms with Crippen molar-refractivity contribution in [3.63, 3.8) is 0 Å². The highest BCUT2D eigenvalue weighted by Gasteiger charge is 2.12. The summed E-state index contributed by atoms with van der Waals surface area (Å²) in [5.74, 6) is 0.713. The lowest BCUT2D eigenvalue weighted by atomic mass is 10.1. The van der Waals surface area contributed by atoms with E-state index in [1.165, 1.54) is 0 Å². The van der Waals surface area contributed by atoms with Crippen molar-refractivity contribution >= 4 is 11.3 Å². The molecule has 0 aliphatic carbocycles. The number of carbonyl (C=O) groups is 1. The first-order valence-corrected chi connectivity index (χ1v) is 6.43. The lowest BCUT2D eigenvalue weighted by Gasteiger charge is -2.08. The first-order valence-electron chi connectivity index (χ1n) is 6.43. The molecule has 2 rings (SSSR count). The zero-order valence-corrected chi connectivity index (χ0v) is 11.2. The topological polar surface area (TPSA) is 63.8 Å². The number of pyridine rings is 1. The summed E-state index contributed by atoms with van der Waals surface area (Å²) in [7, 11) is 0. The predicted molar refractivity (Wildman–Crippen MR) is 71.6 cm³/mol. The molecular formula is C14H18N2O3. The second kappa shape index (κ2) is 5.84. The van der Waals surface area contributed by atoms with Gasteiger partial charge in [0.2, 0.25) is 0 Å². The van der Waals surface area contributed by atoms with Crippen LogP contribution in [0.15, 0.2) is 24.5 Å². The van der Waals surface area contributed by atoms with Crippen LogP contribution in [0.3, 0.4) is 0 Å². The van der Waals surface area contributed by atoms with E-state index in [4.69, 9.17) is 4.74 Å². The highest BCUT2D eigenvalue weighted by molar-refractivity contribution is 6.02. The van der Waals surface area contributed by atoms with Crippen molar-refractivity contribution in [2.45, 2.75) is 32.8 Å². The molecule has 0 fully saturated rings. The van der Waals surface area contributed by atoms with Crippen LogP contribution in [-0.2, 0) is 0 Å². The summed E-state index contributed by atoms with van der Waals surface area (Å²) in [6.07, 6.45) is 4.14. The summed E-state index contributed by atoms with van der Waals surface area (Å²) >= 11 is 0. The Morgan fingerprint density at radius 3 is 3.05 bits per heavy atom. The van der Waals surface area contributed by atoms with Crippen LogP contribution in [0.25, 0.3) is 5.52 Å². The highest BCUT2D eigenvalue weighted by Crippen LogP contribution is 2.19. The van der Waals surface area contributed by atoms with Gasteiger partial charge in [-0.3, -0.25) is 4.79 Å². The normalized spacial score (nSPS) is 12.6. The van der Waals surface area contributed by atoms with Gasteiger partial charge in [0.25, 0.3) is 0 Å². The Bertz CT molecular complexity index is 575. The van der Waals surface area contributed by atoms with E-state index in [2.05, 4.69) is 5.10 Å². The number of aliphatic hydroxyl groups is 1. The number of ether oxygens (including phenoxy) is 1. The quantitative estimate of drug-likeness (QED) is 0.809. The molecule has 102 valence electrons. The second-order valence-corrected chi connectivity index (χ2v) is 4.58. The Morgan fingerprint density at radius 2 is 2.37 bits per heavy atom. The van der Waals surface area contributed by atoms with Crippen molar-refractivity contribution in [2.24, 2.45) is 0 Å². The van der Waals surface area contributed by atoms with Gasteiger partial charge in [0.05, 0.1) is 23.4 Å². The van der Waals surface area contributed by atoms with Gasteiger partial charge in [-0.1, -0.05) is 6.92 Å². The molecule has 5 nitrogen and oxygen atoms in total. The molecule has 19 heavy (non-hydrogen) atoms. The third-order valence-electron chi connectivity index (χ3n) is 2.76. The molecule has 0 saturated carbocycles. The monoisotopic (exact) mass is 262 g/mol. The number of aromatic nitrogens is 2. The lowest BCUT2D eigenvalue weighted by Crippen LogP contribution is -2.12. The highest BCUT2D eigenvalue weighted by atomic mass is 16.5. The number of rotatable bonds is 6. The molecule has 0 amide bonds. The summed E-state index contributed by atoms with van der Waals surface area (Å²) < 4.78 is 7.09. The van der Waals surface area contributed by atoms with Crippen molar-refractivity contribution in [3.8, 4) is 5.75 Å². The number of hydrogen-bond donors (Lipinski definition) is 1. The third kappa shape index (κ3) is 3.12. The summed E-state index contributed by atoms with van der Waals surface area (Å²) in [6, 6.07) is 3.54. The first kappa shape index (κ1) is 13.5. The Hall–Kier alpha value is -1.88. The third-order valence-corrected chi connectivity index (χ3v) is 2.76. The predicted octanol–water partition coefficient (Wildman–Crippen LogP) is 2.08. The fourth-order valence-corrected chi connectivity index (χ4v) is 1.84. The second-order valence-electron chi connectivity index (χ2n) is 4.58. The Morgan fingerprint density at radius 1 is 1.58 bits per heavy atom. The first-order chi connectivity index (χ1) is 9.11. The van der Waals surface area contributed by atoms with Crippen LogP contribution in [-0.4, -0.2) is 33.2 Å². The van der Waals surface area contributed by atoms with Crippen molar-refractivity contribution in [1.82, 2.24) is 9.61 Å². The van der Waals surface area contributed by atoms with Gasteiger partial charge in [-0.15, -0.1) is 0 Å². The van der Waals surface area contributed by atoms with Crippen LogP contribution < -0.4 is 4.74 Å². The maximum Gasteiger partial charge on any atom is 0.166 e. The maximum absolute atomic E-state index is 12.0.